The molecule has 1 saturated heterocycles. The Balaban J connectivity index is 1.53. The Morgan fingerprint density at radius 3 is 2.63 bits per heavy atom. The molecule has 0 radical (unpaired) electrons. The Kier molecular flexibility index (Phi) is 5.88. The first kappa shape index (κ1) is 20.2. The predicted molar refractivity (Wildman–Crippen MR) is 117 cm³/mol. The average molecular weight is 406 g/mol. The highest BCUT2D eigenvalue weighted by atomic mass is 16.5. The molecule has 3 aromatic carbocycles. The summed E-state index contributed by atoms with van der Waals surface area (Å²) >= 11 is 0. The first-order valence-electron chi connectivity index (χ1n) is 10.1. The third-order valence-corrected chi connectivity index (χ3v) is 5.40. The number of hydrogen-bond donors (Lipinski definition) is 3. The van der Waals surface area contributed by atoms with Gasteiger partial charge in [-0.05, 0) is 47.2 Å². The van der Waals surface area contributed by atoms with Gasteiger partial charge in [-0.2, -0.15) is 0 Å². The summed E-state index contributed by atoms with van der Waals surface area (Å²) in [5.41, 5.74) is 3.11. The number of hydrogen-bond acceptors (Lipinski definition) is 5. The van der Waals surface area contributed by atoms with E-state index < -0.39 is 6.10 Å². The van der Waals surface area contributed by atoms with Crippen LogP contribution in [0.5, 0.6) is 11.5 Å². The maximum atomic E-state index is 11.5. The molecule has 1 aliphatic heterocycles. The molecule has 1 aliphatic rings. The van der Waals surface area contributed by atoms with Crippen LogP contribution in [0, 0.1) is 6.92 Å². The van der Waals surface area contributed by atoms with Gasteiger partial charge in [-0.1, -0.05) is 36.4 Å². The van der Waals surface area contributed by atoms with Crippen molar-refractivity contribution in [2.75, 3.05) is 32.8 Å². The number of phenolic OH excluding ortho intramolecular Hbond substituents is 1. The Labute approximate surface area is 175 Å². The fourth-order valence-corrected chi connectivity index (χ4v) is 3.97. The molecule has 0 aliphatic carbocycles. The van der Waals surface area contributed by atoms with Gasteiger partial charge in [-0.15, -0.1) is 0 Å². The molecule has 1 unspecified atom stereocenters. The minimum absolute atomic E-state index is 0.0134. The van der Waals surface area contributed by atoms with Gasteiger partial charge < -0.3 is 20.3 Å². The lowest BCUT2D eigenvalue weighted by Gasteiger charge is -2.28. The van der Waals surface area contributed by atoms with Crippen LogP contribution in [0.25, 0.3) is 21.9 Å². The molecule has 1 fully saturated rings. The number of amides is 1. The lowest BCUT2D eigenvalue weighted by Crippen LogP contribution is -2.50. The molecule has 6 nitrogen and oxygen atoms in total. The van der Waals surface area contributed by atoms with Gasteiger partial charge >= 0.3 is 0 Å². The van der Waals surface area contributed by atoms with Crippen molar-refractivity contribution in [1.29, 1.82) is 0 Å². The lowest BCUT2D eigenvalue weighted by atomic mass is 9.94. The number of nitrogens with one attached hydrogen (secondary N) is 1. The van der Waals surface area contributed by atoms with E-state index in [1.54, 1.807) is 12.1 Å². The molecular weight excluding hydrogens is 380 g/mol. The number of nitrogens with zero attached hydrogens (tertiary/aromatic N) is 1. The Hall–Kier alpha value is -3.09. The predicted octanol–water partition coefficient (Wildman–Crippen LogP) is 2.69. The average Bonchev–Trinajstić information content (AvgIpc) is 2.72. The molecule has 156 valence electrons. The van der Waals surface area contributed by atoms with Crippen molar-refractivity contribution in [3.63, 3.8) is 0 Å². The van der Waals surface area contributed by atoms with Gasteiger partial charge in [0.05, 0.1) is 6.54 Å². The standard InChI is InChI=1S/C24H26N2O4/c1-16-12-17(27)6-7-19(16)21-8-9-23(22-5-3-2-4-20(21)22)30-15-18(28)13-26-11-10-25-24(29)14-26/h2-9,12,18,27-28H,10-11,13-15H2,1H3,(H,25,29). The van der Waals surface area contributed by atoms with Gasteiger partial charge in [0, 0.05) is 25.0 Å². The van der Waals surface area contributed by atoms with E-state index in [1.165, 1.54) is 0 Å². The van der Waals surface area contributed by atoms with E-state index in [0.717, 1.165) is 34.0 Å². The van der Waals surface area contributed by atoms with E-state index in [2.05, 4.69) is 5.32 Å². The molecule has 3 N–H and O–H groups in total. The van der Waals surface area contributed by atoms with Crippen LogP contribution in [-0.4, -0.2) is 59.9 Å². The number of ether oxygens (including phenoxy) is 1. The second-order valence-electron chi connectivity index (χ2n) is 7.71. The largest absolute Gasteiger partial charge is 0.508 e. The number of β-amino-alcohol motifs (C(OH)–C–C–N with tert-alkyl or cyclic N) is 1. The van der Waals surface area contributed by atoms with Gasteiger partial charge in [0.1, 0.15) is 24.2 Å². The topological polar surface area (TPSA) is 82.0 Å². The molecule has 0 bridgehead atoms. The summed E-state index contributed by atoms with van der Waals surface area (Å²) in [6.07, 6.45) is -0.686. The van der Waals surface area contributed by atoms with E-state index in [4.69, 9.17) is 4.74 Å². The maximum Gasteiger partial charge on any atom is 0.234 e. The smallest absolute Gasteiger partial charge is 0.234 e. The highest BCUT2D eigenvalue weighted by Gasteiger charge is 2.19. The van der Waals surface area contributed by atoms with Crippen molar-refractivity contribution >= 4 is 16.7 Å². The molecule has 0 spiro atoms. The summed E-state index contributed by atoms with van der Waals surface area (Å²) in [4.78, 5) is 13.4. The van der Waals surface area contributed by atoms with E-state index in [0.29, 0.717) is 25.4 Å². The number of carbonyl (C=O) groups excluding carboxylic acids is 1. The number of rotatable bonds is 6. The molecule has 1 atom stereocenters. The zero-order valence-corrected chi connectivity index (χ0v) is 17.0. The molecule has 30 heavy (non-hydrogen) atoms. The first-order valence-corrected chi connectivity index (χ1v) is 10.1. The summed E-state index contributed by atoms with van der Waals surface area (Å²) in [5, 5.41) is 24.9. The van der Waals surface area contributed by atoms with Crippen molar-refractivity contribution in [3.8, 4) is 22.6 Å². The maximum absolute atomic E-state index is 11.5. The number of piperazine rings is 1. The quantitative estimate of drug-likeness (QED) is 0.586. The van der Waals surface area contributed by atoms with Crippen molar-refractivity contribution in [1.82, 2.24) is 10.2 Å². The van der Waals surface area contributed by atoms with Crippen molar-refractivity contribution < 1.29 is 19.7 Å². The molecule has 1 amide bonds. The number of aliphatic hydroxyl groups is 1. The van der Waals surface area contributed by atoms with E-state index in [9.17, 15) is 15.0 Å². The summed E-state index contributed by atoms with van der Waals surface area (Å²) in [5.74, 6) is 0.947. The molecular formula is C24H26N2O4. The molecule has 6 heteroatoms. The minimum Gasteiger partial charge on any atom is -0.508 e. The van der Waals surface area contributed by atoms with Gasteiger partial charge in [-0.25, -0.2) is 0 Å². The van der Waals surface area contributed by atoms with Gasteiger partial charge in [-0.3, -0.25) is 9.69 Å². The van der Waals surface area contributed by atoms with Crippen LogP contribution in [0.1, 0.15) is 5.56 Å². The summed E-state index contributed by atoms with van der Waals surface area (Å²) in [6.45, 7) is 4.17. The van der Waals surface area contributed by atoms with E-state index in [1.807, 2.05) is 54.3 Å². The zero-order valence-electron chi connectivity index (χ0n) is 17.0. The van der Waals surface area contributed by atoms with Gasteiger partial charge in [0.2, 0.25) is 5.91 Å². The number of benzene rings is 3. The lowest BCUT2D eigenvalue weighted by molar-refractivity contribution is -0.124. The molecule has 4 rings (SSSR count). The number of phenols is 1. The van der Waals surface area contributed by atoms with Crippen LogP contribution >= 0.6 is 0 Å². The first-order chi connectivity index (χ1) is 14.5. The monoisotopic (exact) mass is 406 g/mol. The fraction of sp³-hybridized carbons (Fsp3) is 0.292. The van der Waals surface area contributed by atoms with Crippen molar-refractivity contribution in [3.05, 3.63) is 60.2 Å². The van der Waals surface area contributed by atoms with Gasteiger partial charge in [0.25, 0.3) is 0 Å². The van der Waals surface area contributed by atoms with Crippen LogP contribution in [0.2, 0.25) is 0 Å². The highest BCUT2D eigenvalue weighted by Crippen LogP contribution is 2.36. The minimum atomic E-state index is -0.686. The van der Waals surface area contributed by atoms with Crippen LogP contribution in [0.15, 0.2) is 54.6 Å². The van der Waals surface area contributed by atoms with Crippen molar-refractivity contribution in [2.24, 2.45) is 0 Å². The van der Waals surface area contributed by atoms with E-state index in [-0.39, 0.29) is 18.3 Å². The van der Waals surface area contributed by atoms with Crippen LogP contribution in [0.4, 0.5) is 0 Å². The fourth-order valence-electron chi connectivity index (χ4n) is 3.97. The number of fused-ring (bicyclic) bond motifs is 1. The Bertz CT molecular complexity index is 1070. The van der Waals surface area contributed by atoms with Crippen LogP contribution < -0.4 is 10.1 Å². The van der Waals surface area contributed by atoms with E-state index >= 15 is 0 Å². The molecule has 3 aromatic rings. The second kappa shape index (κ2) is 8.73. The Morgan fingerprint density at radius 1 is 1.10 bits per heavy atom. The number of aryl methyl sites for hydroxylation is 1. The van der Waals surface area contributed by atoms with Crippen molar-refractivity contribution in [2.45, 2.75) is 13.0 Å². The van der Waals surface area contributed by atoms with Gasteiger partial charge in [0.15, 0.2) is 0 Å². The molecule has 1 heterocycles. The number of aliphatic hydroxyl groups excluding tert-OH is 1. The summed E-state index contributed by atoms with van der Waals surface area (Å²) < 4.78 is 5.97. The number of aromatic hydroxyl groups is 1. The van der Waals surface area contributed by atoms with Crippen LogP contribution in [-0.2, 0) is 4.79 Å². The molecule has 0 aromatic heterocycles. The third kappa shape index (κ3) is 4.40. The summed E-state index contributed by atoms with van der Waals surface area (Å²) in [7, 11) is 0. The zero-order chi connectivity index (χ0) is 21.1. The Morgan fingerprint density at radius 2 is 1.87 bits per heavy atom. The van der Waals surface area contributed by atoms with Crippen LogP contribution in [0.3, 0.4) is 0 Å². The second-order valence-corrected chi connectivity index (χ2v) is 7.71. The molecule has 0 saturated carbocycles. The normalized spacial score (nSPS) is 15.7. The highest BCUT2D eigenvalue weighted by molar-refractivity contribution is 6.00. The SMILES string of the molecule is Cc1cc(O)ccc1-c1ccc(OCC(O)CN2CCNC(=O)C2)c2ccccc12. The third-order valence-electron chi connectivity index (χ3n) is 5.40. The number of carbonyl (C=O) groups is 1. The summed E-state index contributed by atoms with van der Waals surface area (Å²) in [6, 6.07) is 17.3.